The van der Waals surface area contributed by atoms with E-state index in [2.05, 4.69) is 51.8 Å². The zero-order valence-electron chi connectivity index (χ0n) is 29.1. The molecular formula is C37H46N6O8S2. The standard InChI is InChI=1S/C37H46N6O8S2/c1-22(44)31(43-32(45)26(38)17-23-11-5-2-6-12-23)36(49)40-28(19-25-15-9-4-10-16-25)33(46)41-29(20-52)35(48)39-27(18-24-13-7-3-8-14-24)34(47)42-30(21-53)37(50)51/h2-16,22,26-31,44,52-53H,17-21,38H2,1H3,(H,39,48)(H,40,49)(H,41,46)(H,42,47)(H,43,45)(H,50,51)/t22-,26+,27+,28+,29+,30+,31+/m1/s1. The van der Waals surface area contributed by atoms with E-state index in [1.54, 1.807) is 84.9 Å². The minimum atomic E-state index is -1.48. The molecule has 53 heavy (non-hydrogen) atoms. The molecule has 3 rings (SSSR count). The second-order valence-corrected chi connectivity index (χ2v) is 13.1. The summed E-state index contributed by atoms with van der Waals surface area (Å²) in [4.78, 5) is 78.7. The van der Waals surface area contributed by atoms with Gasteiger partial charge in [-0.05, 0) is 30.0 Å². The lowest BCUT2D eigenvalue weighted by atomic mass is 10.0. The zero-order chi connectivity index (χ0) is 38.9. The van der Waals surface area contributed by atoms with Gasteiger partial charge in [0.2, 0.25) is 29.5 Å². The molecule has 3 aromatic rings. The van der Waals surface area contributed by atoms with Crippen LogP contribution < -0.4 is 32.3 Å². The minimum Gasteiger partial charge on any atom is -0.480 e. The summed E-state index contributed by atoms with van der Waals surface area (Å²) in [6.45, 7) is 1.30. The van der Waals surface area contributed by atoms with E-state index >= 15 is 0 Å². The number of nitrogens with two attached hydrogens (primary N) is 1. The van der Waals surface area contributed by atoms with Gasteiger partial charge in [0.05, 0.1) is 12.1 Å². The van der Waals surface area contributed by atoms with E-state index in [9.17, 15) is 39.0 Å². The van der Waals surface area contributed by atoms with Crippen LogP contribution >= 0.6 is 25.3 Å². The molecule has 0 aliphatic carbocycles. The Bertz CT molecular complexity index is 1670. The first-order valence-electron chi connectivity index (χ1n) is 16.8. The van der Waals surface area contributed by atoms with Gasteiger partial charge in [-0.1, -0.05) is 91.0 Å². The van der Waals surface area contributed by atoms with Gasteiger partial charge in [-0.3, -0.25) is 24.0 Å². The first-order valence-corrected chi connectivity index (χ1v) is 18.1. The smallest absolute Gasteiger partial charge is 0.327 e. The molecule has 0 radical (unpaired) electrons. The Morgan fingerprint density at radius 1 is 0.547 bits per heavy atom. The third-order valence-electron chi connectivity index (χ3n) is 8.14. The highest BCUT2D eigenvalue weighted by Crippen LogP contribution is 2.09. The van der Waals surface area contributed by atoms with Gasteiger partial charge in [0.1, 0.15) is 30.2 Å². The predicted molar refractivity (Wildman–Crippen MR) is 205 cm³/mol. The number of hydrogen-bond donors (Lipinski definition) is 10. The molecule has 0 aromatic heterocycles. The molecule has 7 atom stereocenters. The molecular weight excluding hydrogens is 721 g/mol. The number of carboxylic acid groups (broad SMARTS) is 1. The third-order valence-corrected chi connectivity index (χ3v) is 8.87. The van der Waals surface area contributed by atoms with E-state index in [-0.39, 0.29) is 30.8 Å². The molecule has 0 spiro atoms. The number of nitrogens with one attached hydrogen (secondary N) is 5. The van der Waals surface area contributed by atoms with Crippen molar-refractivity contribution in [1.29, 1.82) is 0 Å². The largest absolute Gasteiger partial charge is 0.480 e. The van der Waals surface area contributed by atoms with Crippen molar-refractivity contribution >= 4 is 60.8 Å². The summed E-state index contributed by atoms with van der Waals surface area (Å²) in [5.41, 5.74) is 8.22. The molecule has 16 heteroatoms. The van der Waals surface area contributed by atoms with E-state index in [4.69, 9.17) is 5.73 Å². The van der Waals surface area contributed by atoms with Crippen molar-refractivity contribution in [2.75, 3.05) is 11.5 Å². The number of carbonyl (C=O) groups excluding carboxylic acids is 5. The van der Waals surface area contributed by atoms with Crippen LogP contribution in [0, 0.1) is 0 Å². The summed E-state index contributed by atoms with van der Waals surface area (Å²) in [5, 5.41) is 32.5. The minimum absolute atomic E-state index is 0.00128. The van der Waals surface area contributed by atoms with Crippen LogP contribution in [0.3, 0.4) is 0 Å². The van der Waals surface area contributed by atoms with Crippen molar-refractivity contribution in [2.24, 2.45) is 5.73 Å². The second-order valence-electron chi connectivity index (χ2n) is 12.4. The maximum absolute atomic E-state index is 13.8. The van der Waals surface area contributed by atoms with Crippen LogP contribution in [0.1, 0.15) is 23.6 Å². The molecule has 0 saturated heterocycles. The van der Waals surface area contributed by atoms with Crippen molar-refractivity contribution in [3.63, 3.8) is 0 Å². The fourth-order valence-electron chi connectivity index (χ4n) is 5.20. The lowest BCUT2D eigenvalue weighted by Crippen LogP contribution is -2.61. The molecule has 0 aliphatic rings. The number of carbonyl (C=O) groups is 6. The van der Waals surface area contributed by atoms with Crippen LogP contribution in [0.5, 0.6) is 0 Å². The van der Waals surface area contributed by atoms with Gasteiger partial charge in [-0.25, -0.2) is 4.79 Å². The van der Waals surface area contributed by atoms with Gasteiger partial charge in [-0.15, -0.1) is 0 Å². The summed E-state index contributed by atoms with van der Waals surface area (Å²) in [7, 11) is 0. The lowest BCUT2D eigenvalue weighted by molar-refractivity contribution is -0.141. The number of amides is 5. The van der Waals surface area contributed by atoms with Crippen LogP contribution in [0.2, 0.25) is 0 Å². The van der Waals surface area contributed by atoms with Gasteiger partial charge in [0, 0.05) is 24.3 Å². The molecule has 14 nitrogen and oxygen atoms in total. The van der Waals surface area contributed by atoms with Crippen LogP contribution in [-0.2, 0) is 48.0 Å². The lowest BCUT2D eigenvalue weighted by Gasteiger charge is -2.27. The Morgan fingerprint density at radius 3 is 1.30 bits per heavy atom. The Morgan fingerprint density at radius 2 is 0.906 bits per heavy atom. The van der Waals surface area contributed by atoms with Crippen molar-refractivity contribution < 1.29 is 39.0 Å². The summed E-state index contributed by atoms with van der Waals surface area (Å²) in [6.07, 6.45) is -1.24. The predicted octanol–water partition coefficient (Wildman–Crippen LogP) is -0.209. The highest BCUT2D eigenvalue weighted by Gasteiger charge is 2.34. The maximum atomic E-state index is 13.8. The topological polar surface area (TPSA) is 229 Å². The quantitative estimate of drug-likeness (QED) is 0.0686. The average molecular weight is 767 g/mol. The second kappa shape index (κ2) is 21.6. The van der Waals surface area contributed by atoms with Crippen LogP contribution in [0.4, 0.5) is 0 Å². The normalized spacial score (nSPS) is 14.9. The Balaban J connectivity index is 1.78. The first-order chi connectivity index (χ1) is 25.3. The van der Waals surface area contributed by atoms with Crippen molar-refractivity contribution in [2.45, 2.75) is 68.5 Å². The number of thiol groups is 2. The molecule has 3 aromatic carbocycles. The molecule has 0 heterocycles. The van der Waals surface area contributed by atoms with Gasteiger partial charge in [0.15, 0.2) is 0 Å². The summed E-state index contributed by atoms with van der Waals surface area (Å²) >= 11 is 8.23. The molecule has 0 fully saturated rings. The monoisotopic (exact) mass is 766 g/mol. The number of aliphatic hydroxyl groups excluding tert-OH is 1. The van der Waals surface area contributed by atoms with Crippen molar-refractivity contribution in [3.8, 4) is 0 Å². The number of hydrogen-bond acceptors (Lipinski definition) is 10. The zero-order valence-corrected chi connectivity index (χ0v) is 30.8. The molecule has 0 aliphatic heterocycles. The highest BCUT2D eigenvalue weighted by molar-refractivity contribution is 7.80. The van der Waals surface area contributed by atoms with E-state index < -0.39 is 77.9 Å². The van der Waals surface area contributed by atoms with E-state index in [1.165, 1.54) is 6.92 Å². The number of rotatable bonds is 20. The first kappa shape index (κ1) is 42.5. The van der Waals surface area contributed by atoms with Gasteiger partial charge in [-0.2, -0.15) is 25.3 Å². The summed E-state index contributed by atoms with van der Waals surface area (Å²) in [5.74, 6) is -5.66. The Hall–Kier alpha value is -4.90. The molecule has 284 valence electrons. The molecule has 0 unspecified atom stereocenters. The van der Waals surface area contributed by atoms with E-state index in [0.29, 0.717) is 11.1 Å². The van der Waals surface area contributed by atoms with Crippen LogP contribution in [0.15, 0.2) is 91.0 Å². The summed E-state index contributed by atoms with van der Waals surface area (Å²) in [6, 6.07) is 18.7. The van der Waals surface area contributed by atoms with Crippen LogP contribution in [0.25, 0.3) is 0 Å². The third kappa shape index (κ3) is 13.9. The fraction of sp³-hybridized carbons (Fsp3) is 0.351. The van der Waals surface area contributed by atoms with Gasteiger partial charge in [0.25, 0.3) is 0 Å². The van der Waals surface area contributed by atoms with E-state index in [1.807, 2.05) is 6.07 Å². The maximum Gasteiger partial charge on any atom is 0.327 e. The number of aliphatic hydroxyl groups is 1. The highest BCUT2D eigenvalue weighted by atomic mass is 32.1. The van der Waals surface area contributed by atoms with Gasteiger partial charge >= 0.3 is 5.97 Å². The number of carboxylic acids is 1. The molecule has 0 bridgehead atoms. The Labute approximate surface area is 318 Å². The van der Waals surface area contributed by atoms with Crippen molar-refractivity contribution in [3.05, 3.63) is 108 Å². The molecule has 5 amide bonds. The van der Waals surface area contributed by atoms with Crippen LogP contribution in [-0.4, -0.2) is 99.6 Å². The van der Waals surface area contributed by atoms with E-state index in [0.717, 1.165) is 5.56 Å². The number of aliphatic carboxylic acids is 1. The average Bonchev–Trinajstić information content (AvgIpc) is 3.14. The van der Waals surface area contributed by atoms with Crippen molar-refractivity contribution in [1.82, 2.24) is 26.6 Å². The fourth-order valence-corrected chi connectivity index (χ4v) is 5.71. The summed E-state index contributed by atoms with van der Waals surface area (Å²) < 4.78 is 0. The Kier molecular flexibility index (Phi) is 17.3. The molecule has 0 saturated carbocycles. The van der Waals surface area contributed by atoms with Gasteiger partial charge < -0.3 is 42.5 Å². The molecule has 9 N–H and O–H groups in total. The number of benzene rings is 3. The SMILES string of the molecule is C[C@@H](O)[C@H](NC(=O)[C@@H](N)Cc1ccccc1)C(=O)N[C@@H](Cc1ccccc1)C(=O)N[C@@H](CS)C(=O)N[C@@H](Cc1ccccc1)C(=O)N[C@@H](CS)C(=O)O.